The van der Waals surface area contributed by atoms with Crippen LogP contribution in [0.5, 0.6) is 0 Å². The summed E-state index contributed by atoms with van der Waals surface area (Å²) in [6.45, 7) is 6.32. The zero-order valence-electron chi connectivity index (χ0n) is 26.4. The van der Waals surface area contributed by atoms with E-state index in [1.165, 1.54) is 62.5 Å². The second-order valence-corrected chi connectivity index (χ2v) is 14.3. The van der Waals surface area contributed by atoms with Crippen molar-refractivity contribution in [3.05, 3.63) is 70.2 Å². The van der Waals surface area contributed by atoms with E-state index in [1.807, 2.05) is 41.3 Å². The predicted octanol–water partition coefficient (Wildman–Crippen LogP) is 5.18. The summed E-state index contributed by atoms with van der Waals surface area (Å²) in [5.74, 6) is 0.771. The van der Waals surface area contributed by atoms with Crippen LogP contribution < -0.4 is 10.6 Å². The Kier molecular flexibility index (Phi) is 10.3. The Morgan fingerprint density at radius 2 is 1.66 bits per heavy atom. The molecule has 1 unspecified atom stereocenters. The van der Waals surface area contributed by atoms with Crippen molar-refractivity contribution >= 4 is 23.4 Å². The number of fused-ring (bicyclic) bond motifs is 1. The summed E-state index contributed by atoms with van der Waals surface area (Å²) in [7, 11) is 2.25. The van der Waals surface area contributed by atoms with Crippen molar-refractivity contribution in [2.75, 3.05) is 46.3 Å². The smallest absolute Gasteiger partial charge is 0.245 e. The van der Waals surface area contributed by atoms with Crippen LogP contribution >= 0.6 is 11.6 Å². The van der Waals surface area contributed by atoms with Crippen molar-refractivity contribution in [2.24, 2.45) is 5.92 Å². The molecule has 1 aliphatic carbocycles. The molecule has 6 rings (SSSR count). The molecule has 2 aromatic rings. The van der Waals surface area contributed by atoms with Crippen LogP contribution in [0.1, 0.15) is 80.5 Å². The number of piperidine rings is 1. The van der Waals surface area contributed by atoms with E-state index >= 15 is 0 Å². The molecule has 44 heavy (non-hydrogen) atoms. The molecule has 8 heteroatoms. The highest BCUT2D eigenvalue weighted by atomic mass is 35.5. The van der Waals surface area contributed by atoms with Gasteiger partial charge in [0, 0.05) is 62.2 Å². The molecule has 2 atom stereocenters. The molecular formula is C36H50ClN5O2. The highest BCUT2D eigenvalue weighted by molar-refractivity contribution is 6.30. The summed E-state index contributed by atoms with van der Waals surface area (Å²) in [4.78, 5) is 34.7. The predicted molar refractivity (Wildman–Crippen MR) is 177 cm³/mol. The molecule has 238 valence electrons. The number of piperazine rings is 1. The largest absolute Gasteiger partial charge is 0.344 e. The van der Waals surface area contributed by atoms with Crippen molar-refractivity contribution in [1.82, 2.24) is 25.3 Å². The maximum atomic E-state index is 14.1. The number of hydrogen-bond acceptors (Lipinski definition) is 5. The summed E-state index contributed by atoms with van der Waals surface area (Å²) in [6.07, 6.45) is 11.4. The standard InChI is InChI=1S/C36H50ClN5O2/c1-40-17-15-36(16-18-40,25-28-7-3-2-4-8-28)42-21-19-41(20-22-42)35(44)33(23-27-11-13-30(37)14-12-27)39-34(43)24-32-31-10-6-5-9-29(31)26-38-32/h5-6,9-14,28,32-33,38H,2-4,7-8,15-26H2,1H3,(H,39,43)/t32?,33-/m1/s1. The van der Waals surface area contributed by atoms with E-state index in [0.717, 1.165) is 44.2 Å². The summed E-state index contributed by atoms with van der Waals surface area (Å²) in [6, 6.07) is 15.2. The number of amides is 2. The van der Waals surface area contributed by atoms with Crippen LogP contribution in [0.2, 0.25) is 5.02 Å². The highest BCUT2D eigenvalue weighted by Gasteiger charge is 2.43. The van der Waals surface area contributed by atoms with Gasteiger partial charge < -0.3 is 20.4 Å². The van der Waals surface area contributed by atoms with Crippen LogP contribution in [-0.4, -0.2) is 84.4 Å². The third-order valence-corrected chi connectivity index (χ3v) is 11.2. The molecule has 0 bridgehead atoms. The molecule has 3 heterocycles. The quantitative estimate of drug-likeness (QED) is 0.405. The van der Waals surface area contributed by atoms with Gasteiger partial charge in [0.2, 0.25) is 11.8 Å². The van der Waals surface area contributed by atoms with Gasteiger partial charge in [-0.2, -0.15) is 0 Å². The number of halogens is 1. The zero-order valence-corrected chi connectivity index (χ0v) is 27.2. The van der Waals surface area contributed by atoms with E-state index in [1.54, 1.807) is 0 Å². The number of rotatable bonds is 9. The summed E-state index contributed by atoms with van der Waals surface area (Å²) in [5, 5.41) is 7.29. The third kappa shape index (κ3) is 7.50. The van der Waals surface area contributed by atoms with Crippen LogP contribution in [-0.2, 0) is 22.6 Å². The Morgan fingerprint density at radius 3 is 2.39 bits per heavy atom. The molecule has 4 aliphatic rings. The van der Waals surface area contributed by atoms with Gasteiger partial charge in [0.05, 0.1) is 0 Å². The van der Waals surface area contributed by atoms with Crippen molar-refractivity contribution in [3.8, 4) is 0 Å². The number of benzene rings is 2. The molecule has 2 N–H and O–H groups in total. The number of nitrogens with one attached hydrogen (secondary N) is 2. The van der Waals surface area contributed by atoms with Gasteiger partial charge in [0.1, 0.15) is 6.04 Å². The van der Waals surface area contributed by atoms with E-state index in [0.29, 0.717) is 31.0 Å². The average molecular weight is 620 g/mol. The topological polar surface area (TPSA) is 67.9 Å². The van der Waals surface area contributed by atoms with Crippen LogP contribution in [0.15, 0.2) is 48.5 Å². The second-order valence-electron chi connectivity index (χ2n) is 13.8. The van der Waals surface area contributed by atoms with Crippen molar-refractivity contribution in [1.29, 1.82) is 0 Å². The molecular weight excluding hydrogens is 570 g/mol. The average Bonchev–Trinajstić information content (AvgIpc) is 3.45. The molecule has 0 radical (unpaired) electrons. The van der Waals surface area contributed by atoms with Crippen molar-refractivity contribution in [3.63, 3.8) is 0 Å². The first-order valence-corrected chi connectivity index (χ1v) is 17.3. The summed E-state index contributed by atoms with van der Waals surface area (Å²) >= 11 is 6.15. The van der Waals surface area contributed by atoms with E-state index < -0.39 is 6.04 Å². The van der Waals surface area contributed by atoms with Gasteiger partial charge in [-0.25, -0.2) is 0 Å². The summed E-state index contributed by atoms with van der Waals surface area (Å²) in [5.41, 5.74) is 3.66. The van der Waals surface area contributed by atoms with Gasteiger partial charge in [-0.1, -0.05) is 80.1 Å². The number of nitrogens with zero attached hydrogens (tertiary/aromatic N) is 3. The first-order valence-electron chi connectivity index (χ1n) is 17.0. The van der Waals surface area contributed by atoms with E-state index in [4.69, 9.17) is 11.6 Å². The van der Waals surface area contributed by atoms with E-state index in [-0.39, 0.29) is 23.4 Å². The fourth-order valence-corrected chi connectivity index (χ4v) is 8.42. The van der Waals surface area contributed by atoms with Gasteiger partial charge in [-0.3, -0.25) is 14.5 Å². The number of hydrogen-bond donors (Lipinski definition) is 2. The molecule has 2 amide bonds. The fourth-order valence-electron chi connectivity index (χ4n) is 8.29. The highest BCUT2D eigenvalue weighted by Crippen LogP contribution is 2.40. The molecule has 1 saturated carbocycles. The minimum atomic E-state index is -0.605. The minimum Gasteiger partial charge on any atom is -0.344 e. The number of carbonyl (C=O) groups is 2. The Hall–Kier alpha value is -2.45. The molecule has 7 nitrogen and oxygen atoms in total. The maximum Gasteiger partial charge on any atom is 0.245 e. The van der Waals surface area contributed by atoms with Crippen molar-refractivity contribution < 1.29 is 9.59 Å². The van der Waals surface area contributed by atoms with E-state index in [2.05, 4.69) is 39.6 Å². The SMILES string of the molecule is CN1CCC(CC2CCCCC2)(N2CCN(C(=O)[C@@H](Cc3ccc(Cl)cc3)NC(=O)CC3NCc4ccccc43)CC2)CC1. The van der Waals surface area contributed by atoms with Gasteiger partial charge in [-0.05, 0) is 74.1 Å². The normalized spacial score (nSPS) is 23.7. The minimum absolute atomic E-state index is 0.0254. The fraction of sp³-hybridized carbons (Fsp3) is 0.611. The summed E-state index contributed by atoms with van der Waals surface area (Å²) < 4.78 is 0. The third-order valence-electron chi connectivity index (χ3n) is 10.9. The molecule has 0 aromatic heterocycles. The lowest BCUT2D eigenvalue weighted by Gasteiger charge is -2.53. The van der Waals surface area contributed by atoms with Crippen LogP contribution in [0.25, 0.3) is 0 Å². The first-order chi connectivity index (χ1) is 21.4. The van der Waals surface area contributed by atoms with Crippen LogP contribution in [0.3, 0.4) is 0 Å². The number of carbonyl (C=O) groups excluding carboxylic acids is 2. The first kappa shape index (κ1) is 31.5. The monoisotopic (exact) mass is 619 g/mol. The second kappa shape index (κ2) is 14.3. The van der Waals surface area contributed by atoms with Gasteiger partial charge in [0.15, 0.2) is 0 Å². The lowest BCUT2D eigenvalue weighted by molar-refractivity contribution is -0.139. The Balaban J connectivity index is 1.12. The maximum absolute atomic E-state index is 14.1. The van der Waals surface area contributed by atoms with Gasteiger partial charge in [-0.15, -0.1) is 0 Å². The molecule has 2 aromatic carbocycles. The lowest BCUT2D eigenvalue weighted by atomic mass is 9.73. The Bertz CT molecular complexity index is 1260. The number of likely N-dealkylation sites (tertiary alicyclic amines) is 1. The van der Waals surface area contributed by atoms with Gasteiger partial charge in [0.25, 0.3) is 0 Å². The molecule has 3 aliphatic heterocycles. The van der Waals surface area contributed by atoms with Gasteiger partial charge >= 0.3 is 0 Å². The molecule has 2 saturated heterocycles. The Labute approximate surface area is 268 Å². The zero-order chi connectivity index (χ0) is 30.5. The van der Waals surface area contributed by atoms with E-state index in [9.17, 15) is 9.59 Å². The lowest BCUT2D eigenvalue weighted by Crippen LogP contribution is -2.63. The Morgan fingerprint density at radius 1 is 0.955 bits per heavy atom. The van der Waals surface area contributed by atoms with Crippen molar-refractivity contribution in [2.45, 2.75) is 88.4 Å². The van der Waals surface area contributed by atoms with Crippen LogP contribution in [0, 0.1) is 5.92 Å². The molecule has 0 spiro atoms. The molecule has 3 fully saturated rings. The van der Waals surface area contributed by atoms with Crippen LogP contribution in [0.4, 0.5) is 0 Å².